The molecule has 4 rings (SSSR count). The van der Waals surface area contributed by atoms with E-state index in [4.69, 9.17) is 4.74 Å². The van der Waals surface area contributed by atoms with Gasteiger partial charge in [0.2, 0.25) is 5.91 Å². The number of H-pyrrole nitrogens is 1. The number of ether oxygens (including phenoxy) is 1. The number of carbonyl (C=O) groups excluding carboxylic acids is 1. The highest BCUT2D eigenvalue weighted by molar-refractivity contribution is 5.95. The molecule has 1 aromatic carbocycles. The maximum absolute atomic E-state index is 12.0. The minimum atomic E-state index is -0.0146. The van der Waals surface area contributed by atoms with Gasteiger partial charge in [-0.05, 0) is 37.3 Å². The van der Waals surface area contributed by atoms with Crippen molar-refractivity contribution < 1.29 is 9.53 Å². The maximum atomic E-state index is 12.0. The van der Waals surface area contributed by atoms with E-state index in [9.17, 15) is 4.79 Å². The van der Waals surface area contributed by atoms with Gasteiger partial charge in [-0.15, -0.1) is 0 Å². The van der Waals surface area contributed by atoms with Crippen LogP contribution in [0.2, 0.25) is 0 Å². The Morgan fingerprint density at radius 1 is 1.23 bits per heavy atom. The Kier molecular flexibility index (Phi) is 3.33. The molecule has 1 amide bonds. The number of hydrogen-bond donors (Lipinski definition) is 2. The van der Waals surface area contributed by atoms with Crippen LogP contribution >= 0.6 is 0 Å². The number of aromatic amines is 1. The lowest BCUT2D eigenvalue weighted by molar-refractivity contribution is -0.116. The number of aromatic nitrogens is 2. The van der Waals surface area contributed by atoms with Gasteiger partial charge in [0.25, 0.3) is 0 Å². The zero-order chi connectivity index (χ0) is 14.9. The van der Waals surface area contributed by atoms with E-state index < -0.39 is 0 Å². The third kappa shape index (κ3) is 2.47. The molecule has 5 heteroatoms. The summed E-state index contributed by atoms with van der Waals surface area (Å²) in [6, 6.07) is 6.00. The third-order valence-corrected chi connectivity index (χ3v) is 4.52. The predicted octanol–water partition coefficient (Wildman–Crippen LogP) is 3.21. The first-order chi connectivity index (χ1) is 10.8. The molecule has 114 valence electrons. The Labute approximate surface area is 129 Å². The van der Waals surface area contributed by atoms with Crippen LogP contribution in [0.5, 0.6) is 5.75 Å². The van der Waals surface area contributed by atoms with Crippen molar-refractivity contribution in [2.45, 2.75) is 44.1 Å². The molecule has 1 aromatic heterocycles. The molecule has 5 nitrogen and oxygen atoms in total. The highest BCUT2D eigenvalue weighted by Crippen LogP contribution is 2.38. The van der Waals surface area contributed by atoms with Crippen LogP contribution in [0.25, 0.3) is 0 Å². The number of carbonyl (C=O) groups is 1. The van der Waals surface area contributed by atoms with Gasteiger partial charge in [0.05, 0.1) is 12.0 Å². The van der Waals surface area contributed by atoms with Gasteiger partial charge in [0.1, 0.15) is 11.6 Å². The van der Waals surface area contributed by atoms with E-state index in [1.54, 1.807) is 12.4 Å². The molecule has 0 radical (unpaired) electrons. The monoisotopic (exact) mass is 297 g/mol. The third-order valence-electron chi connectivity index (χ3n) is 4.52. The summed E-state index contributed by atoms with van der Waals surface area (Å²) in [6.45, 7) is 0. The van der Waals surface area contributed by atoms with Gasteiger partial charge in [-0.25, -0.2) is 4.98 Å². The van der Waals surface area contributed by atoms with Crippen LogP contribution in [0.3, 0.4) is 0 Å². The van der Waals surface area contributed by atoms with Crippen molar-refractivity contribution in [2.75, 3.05) is 5.32 Å². The van der Waals surface area contributed by atoms with E-state index in [2.05, 4.69) is 15.3 Å². The minimum absolute atomic E-state index is 0.0146. The van der Waals surface area contributed by atoms with Gasteiger partial charge >= 0.3 is 0 Å². The number of anilines is 1. The van der Waals surface area contributed by atoms with Gasteiger partial charge in [0.15, 0.2) is 0 Å². The van der Waals surface area contributed by atoms with E-state index in [0.717, 1.165) is 35.7 Å². The predicted molar refractivity (Wildman–Crippen MR) is 83.0 cm³/mol. The number of imidazole rings is 1. The van der Waals surface area contributed by atoms with Crippen molar-refractivity contribution in [1.29, 1.82) is 0 Å². The standard InChI is InChI=1S/C17H19N3O2/c21-16-10-14(17-18-7-8-19-17)13-6-5-12(9-15(13)20-16)22-11-3-1-2-4-11/h5-9,11,14H,1-4,10H2,(H,18,19)(H,20,21). The van der Waals surface area contributed by atoms with E-state index in [0.29, 0.717) is 12.5 Å². The molecule has 1 unspecified atom stereocenters. The first-order valence-electron chi connectivity index (χ1n) is 7.89. The average molecular weight is 297 g/mol. The quantitative estimate of drug-likeness (QED) is 0.914. The van der Waals surface area contributed by atoms with Crippen LogP contribution in [0.1, 0.15) is 49.4 Å². The molecule has 0 spiro atoms. The summed E-state index contributed by atoms with van der Waals surface area (Å²) in [5, 5.41) is 2.96. The minimum Gasteiger partial charge on any atom is -0.490 e. The van der Waals surface area contributed by atoms with Crippen molar-refractivity contribution in [2.24, 2.45) is 0 Å². The topological polar surface area (TPSA) is 67.0 Å². The first kappa shape index (κ1) is 13.4. The van der Waals surface area contributed by atoms with Crippen molar-refractivity contribution in [1.82, 2.24) is 9.97 Å². The number of benzene rings is 1. The second-order valence-electron chi connectivity index (χ2n) is 6.05. The first-order valence-corrected chi connectivity index (χ1v) is 7.89. The number of nitrogens with one attached hydrogen (secondary N) is 2. The smallest absolute Gasteiger partial charge is 0.225 e. The number of nitrogens with zero attached hydrogens (tertiary/aromatic N) is 1. The van der Waals surface area contributed by atoms with Crippen molar-refractivity contribution >= 4 is 11.6 Å². The fourth-order valence-electron chi connectivity index (χ4n) is 3.43. The molecule has 0 bridgehead atoms. The lowest BCUT2D eigenvalue weighted by atomic mass is 9.90. The highest BCUT2D eigenvalue weighted by atomic mass is 16.5. The van der Waals surface area contributed by atoms with Gasteiger partial charge in [0, 0.05) is 30.6 Å². The normalized spacial score (nSPS) is 21.5. The zero-order valence-electron chi connectivity index (χ0n) is 12.3. The van der Waals surface area contributed by atoms with E-state index in [1.807, 2.05) is 18.2 Å². The molecule has 2 aliphatic rings. The summed E-state index contributed by atoms with van der Waals surface area (Å²) in [4.78, 5) is 19.4. The van der Waals surface area contributed by atoms with Crippen LogP contribution in [-0.2, 0) is 4.79 Å². The molecule has 22 heavy (non-hydrogen) atoms. The number of rotatable bonds is 3. The van der Waals surface area contributed by atoms with Crippen molar-refractivity contribution in [3.63, 3.8) is 0 Å². The fourth-order valence-corrected chi connectivity index (χ4v) is 3.43. The molecule has 1 aliphatic carbocycles. The second-order valence-corrected chi connectivity index (χ2v) is 6.05. The Bertz CT molecular complexity index is 675. The number of amides is 1. The van der Waals surface area contributed by atoms with Crippen molar-refractivity contribution in [3.8, 4) is 5.75 Å². The molecule has 1 aliphatic heterocycles. The Hall–Kier alpha value is -2.30. The zero-order valence-corrected chi connectivity index (χ0v) is 12.3. The molecular weight excluding hydrogens is 278 g/mol. The SMILES string of the molecule is O=C1CC(c2ncc[nH]2)c2ccc(OC3CCCC3)cc2N1. The van der Waals surface area contributed by atoms with Crippen molar-refractivity contribution in [3.05, 3.63) is 42.0 Å². The summed E-state index contributed by atoms with van der Waals surface area (Å²) >= 11 is 0. The van der Waals surface area contributed by atoms with E-state index >= 15 is 0 Å². The average Bonchev–Trinajstić information content (AvgIpc) is 3.19. The van der Waals surface area contributed by atoms with Crippen LogP contribution in [-0.4, -0.2) is 22.0 Å². The largest absolute Gasteiger partial charge is 0.490 e. The molecule has 1 atom stereocenters. The molecule has 2 aromatic rings. The Morgan fingerprint density at radius 3 is 2.86 bits per heavy atom. The van der Waals surface area contributed by atoms with Crippen LogP contribution in [0.4, 0.5) is 5.69 Å². The summed E-state index contributed by atoms with van der Waals surface area (Å²) in [6.07, 6.45) is 8.98. The maximum Gasteiger partial charge on any atom is 0.225 e. The summed E-state index contributed by atoms with van der Waals surface area (Å²) in [5.74, 6) is 1.68. The summed E-state index contributed by atoms with van der Waals surface area (Å²) in [7, 11) is 0. The van der Waals surface area contributed by atoms with Gasteiger partial charge in [-0.1, -0.05) is 6.07 Å². The van der Waals surface area contributed by atoms with Crippen LogP contribution in [0.15, 0.2) is 30.6 Å². The van der Waals surface area contributed by atoms with E-state index in [1.165, 1.54) is 12.8 Å². The summed E-state index contributed by atoms with van der Waals surface area (Å²) < 4.78 is 6.03. The van der Waals surface area contributed by atoms with Crippen LogP contribution in [0, 0.1) is 0 Å². The lowest BCUT2D eigenvalue weighted by Gasteiger charge is -2.25. The summed E-state index contributed by atoms with van der Waals surface area (Å²) in [5.41, 5.74) is 1.93. The van der Waals surface area contributed by atoms with E-state index in [-0.39, 0.29) is 11.8 Å². The Balaban J connectivity index is 1.63. The Morgan fingerprint density at radius 2 is 2.09 bits per heavy atom. The molecular formula is C17H19N3O2. The fraction of sp³-hybridized carbons (Fsp3) is 0.412. The molecule has 1 saturated carbocycles. The number of hydrogen-bond acceptors (Lipinski definition) is 3. The van der Waals surface area contributed by atoms with Crippen LogP contribution < -0.4 is 10.1 Å². The van der Waals surface area contributed by atoms with Gasteiger partial charge < -0.3 is 15.0 Å². The lowest BCUT2D eigenvalue weighted by Crippen LogP contribution is -2.24. The number of fused-ring (bicyclic) bond motifs is 1. The van der Waals surface area contributed by atoms with Gasteiger partial charge in [-0.3, -0.25) is 4.79 Å². The molecule has 0 saturated heterocycles. The second kappa shape index (κ2) is 5.48. The van der Waals surface area contributed by atoms with Gasteiger partial charge in [-0.2, -0.15) is 0 Å². The molecule has 1 fully saturated rings. The molecule has 2 N–H and O–H groups in total. The molecule has 2 heterocycles. The highest BCUT2D eigenvalue weighted by Gasteiger charge is 2.28.